The molecule has 0 radical (unpaired) electrons. The Morgan fingerprint density at radius 3 is 2.12 bits per heavy atom. The summed E-state index contributed by atoms with van der Waals surface area (Å²) < 4.78 is 3.40. The molecule has 126 valence electrons. The second-order valence-electron chi connectivity index (χ2n) is 5.54. The summed E-state index contributed by atoms with van der Waals surface area (Å²) in [5.74, 6) is 0. The lowest BCUT2D eigenvalue weighted by Crippen LogP contribution is -1.92. The molecule has 0 spiro atoms. The minimum absolute atomic E-state index is 0.777. The lowest BCUT2D eigenvalue weighted by atomic mass is 10.2. The molecule has 0 unspecified atom stereocenters. The molecule has 0 N–H and O–H groups in total. The molecule has 0 atom stereocenters. The van der Waals surface area contributed by atoms with Crippen LogP contribution in [0.1, 0.15) is 11.4 Å². The minimum atomic E-state index is 0.777. The van der Waals surface area contributed by atoms with Gasteiger partial charge in [-0.25, -0.2) is 15.0 Å². The van der Waals surface area contributed by atoms with Gasteiger partial charge in [0.1, 0.15) is 0 Å². The summed E-state index contributed by atoms with van der Waals surface area (Å²) in [6, 6.07) is 16.1. The van der Waals surface area contributed by atoms with Gasteiger partial charge in [-0.3, -0.25) is 4.40 Å². The van der Waals surface area contributed by atoms with E-state index in [2.05, 4.69) is 56.8 Å². The van der Waals surface area contributed by atoms with Crippen molar-refractivity contribution in [2.75, 3.05) is 0 Å². The van der Waals surface area contributed by atoms with Crippen molar-refractivity contribution in [3.05, 3.63) is 85.5 Å². The first-order valence-electron chi connectivity index (χ1n) is 8.12. The number of hydrogen-bond donors (Lipinski definition) is 0. The second-order valence-corrected chi connectivity index (χ2v) is 6.55. The highest BCUT2D eigenvalue weighted by Gasteiger charge is 2.02. The molecule has 0 bridgehead atoms. The number of imidazole rings is 1. The van der Waals surface area contributed by atoms with Gasteiger partial charge < -0.3 is 0 Å². The Morgan fingerprint density at radius 2 is 1.46 bits per heavy atom. The Kier molecular flexibility index (Phi) is 4.29. The SMILES string of the molecule is C=Cc1nc2ccccc2nc1C=C.c1ccc2c(c1)sc1nccn12. The van der Waals surface area contributed by atoms with Gasteiger partial charge in [-0.1, -0.05) is 48.8 Å². The van der Waals surface area contributed by atoms with Crippen molar-refractivity contribution in [2.45, 2.75) is 0 Å². The first-order chi connectivity index (χ1) is 12.8. The van der Waals surface area contributed by atoms with Crippen molar-refractivity contribution in [3.8, 4) is 0 Å². The summed E-state index contributed by atoms with van der Waals surface area (Å²) in [6.45, 7) is 7.39. The molecule has 26 heavy (non-hydrogen) atoms. The van der Waals surface area contributed by atoms with Crippen molar-refractivity contribution in [1.29, 1.82) is 0 Å². The fourth-order valence-electron chi connectivity index (χ4n) is 2.72. The predicted octanol–water partition coefficient (Wildman–Crippen LogP) is 5.46. The van der Waals surface area contributed by atoms with Crippen molar-refractivity contribution >= 4 is 49.7 Å². The number of nitrogens with zero attached hydrogens (tertiary/aromatic N) is 4. The summed E-state index contributed by atoms with van der Waals surface area (Å²) in [5.41, 5.74) is 4.56. The minimum Gasteiger partial charge on any atom is -0.290 e. The third-order valence-corrected chi connectivity index (χ3v) is 5.00. The van der Waals surface area contributed by atoms with Gasteiger partial charge in [-0.15, -0.1) is 0 Å². The number of aromatic nitrogens is 4. The maximum Gasteiger partial charge on any atom is 0.194 e. The molecule has 5 rings (SSSR count). The molecule has 0 aliphatic rings. The monoisotopic (exact) mass is 356 g/mol. The van der Waals surface area contributed by atoms with Gasteiger partial charge in [0.2, 0.25) is 0 Å². The van der Waals surface area contributed by atoms with E-state index in [1.54, 1.807) is 23.5 Å². The average molecular weight is 356 g/mol. The molecule has 5 heteroatoms. The fraction of sp³-hybridized carbons (Fsp3) is 0. The van der Waals surface area contributed by atoms with Crippen LogP contribution in [0.5, 0.6) is 0 Å². The molecule has 0 saturated carbocycles. The van der Waals surface area contributed by atoms with E-state index in [0.717, 1.165) is 27.4 Å². The van der Waals surface area contributed by atoms with Gasteiger partial charge in [0.15, 0.2) is 4.96 Å². The van der Waals surface area contributed by atoms with Crippen molar-refractivity contribution < 1.29 is 0 Å². The number of thiazole rings is 1. The van der Waals surface area contributed by atoms with Gasteiger partial charge >= 0.3 is 0 Å². The smallest absolute Gasteiger partial charge is 0.194 e. The van der Waals surface area contributed by atoms with Crippen LogP contribution in [0.2, 0.25) is 0 Å². The van der Waals surface area contributed by atoms with Crippen molar-refractivity contribution in [2.24, 2.45) is 0 Å². The molecule has 3 aromatic heterocycles. The van der Waals surface area contributed by atoms with Crippen LogP contribution in [0.4, 0.5) is 0 Å². The maximum atomic E-state index is 4.41. The summed E-state index contributed by atoms with van der Waals surface area (Å²) >= 11 is 1.72. The van der Waals surface area contributed by atoms with E-state index in [9.17, 15) is 0 Å². The van der Waals surface area contributed by atoms with E-state index in [0.29, 0.717) is 0 Å². The number of rotatable bonds is 2. The lowest BCUT2D eigenvalue weighted by Gasteiger charge is -2.01. The average Bonchev–Trinajstić information content (AvgIpc) is 3.28. The van der Waals surface area contributed by atoms with E-state index < -0.39 is 0 Å². The van der Waals surface area contributed by atoms with Gasteiger partial charge in [-0.2, -0.15) is 0 Å². The van der Waals surface area contributed by atoms with Crippen LogP contribution in [0.25, 0.3) is 38.4 Å². The Labute approximate surface area is 154 Å². The van der Waals surface area contributed by atoms with E-state index >= 15 is 0 Å². The number of fused-ring (bicyclic) bond motifs is 4. The Balaban J connectivity index is 0.000000130. The maximum absolute atomic E-state index is 4.41. The van der Waals surface area contributed by atoms with Crippen LogP contribution in [-0.4, -0.2) is 19.4 Å². The molecule has 0 amide bonds. The third kappa shape index (κ3) is 2.89. The zero-order chi connectivity index (χ0) is 17.9. The molecule has 0 fully saturated rings. The third-order valence-electron chi connectivity index (χ3n) is 3.95. The van der Waals surface area contributed by atoms with Crippen LogP contribution in [0.3, 0.4) is 0 Å². The van der Waals surface area contributed by atoms with Crippen molar-refractivity contribution in [3.63, 3.8) is 0 Å². The van der Waals surface area contributed by atoms with E-state index in [1.165, 1.54) is 10.2 Å². The Hall–Kier alpha value is -3.31. The summed E-state index contributed by atoms with van der Waals surface area (Å²) in [5, 5.41) is 0. The largest absolute Gasteiger partial charge is 0.290 e. The van der Waals surface area contributed by atoms with Crippen LogP contribution in [0, 0.1) is 0 Å². The predicted molar refractivity (Wildman–Crippen MR) is 110 cm³/mol. The van der Waals surface area contributed by atoms with Crippen molar-refractivity contribution in [1.82, 2.24) is 19.4 Å². The normalized spacial score (nSPS) is 10.6. The number of benzene rings is 2. The zero-order valence-corrected chi connectivity index (χ0v) is 14.9. The van der Waals surface area contributed by atoms with E-state index in [-0.39, 0.29) is 0 Å². The topological polar surface area (TPSA) is 43.1 Å². The second kappa shape index (κ2) is 6.90. The van der Waals surface area contributed by atoms with Crippen LogP contribution in [-0.2, 0) is 0 Å². The summed E-state index contributed by atoms with van der Waals surface area (Å²) in [7, 11) is 0. The molecule has 5 aromatic rings. The first-order valence-corrected chi connectivity index (χ1v) is 8.94. The fourth-order valence-corrected chi connectivity index (χ4v) is 3.70. The van der Waals surface area contributed by atoms with Gasteiger partial charge in [-0.05, 0) is 36.4 Å². The van der Waals surface area contributed by atoms with Gasteiger partial charge in [0.25, 0.3) is 0 Å². The first kappa shape index (κ1) is 16.2. The quantitative estimate of drug-likeness (QED) is 0.421. The molecule has 0 aliphatic carbocycles. The highest BCUT2D eigenvalue weighted by Crippen LogP contribution is 2.24. The Bertz CT molecular complexity index is 1190. The summed E-state index contributed by atoms with van der Waals surface area (Å²) in [6.07, 6.45) is 7.21. The van der Waals surface area contributed by atoms with Crippen LogP contribution < -0.4 is 0 Å². The molecule has 3 heterocycles. The van der Waals surface area contributed by atoms with E-state index in [1.807, 2.05) is 36.7 Å². The molecule has 2 aromatic carbocycles. The molecule has 0 aliphatic heterocycles. The number of para-hydroxylation sites is 3. The molecule has 4 nitrogen and oxygen atoms in total. The standard InChI is InChI=1S/C12H10N2.C9H6N2S/c1-3-9-10(4-2)14-12-8-6-5-7-11(12)13-9;1-2-4-8-7(3-1)11-6-5-10-9(11)12-8/h3-8H,1-2H2;1-6H. The van der Waals surface area contributed by atoms with E-state index in [4.69, 9.17) is 0 Å². The zero-order valence-electron chi connectivity index (χ0n) is 14.0. The van der Waals surface area contributed by atoms with Crippen LogP contribution >= 0.6 is 11.3 Å². The van der Waals surface area contributed by atoms with Gasteiger partial charge in [0, 0.05) is 12.4 Å². The van der Waals surface area contributed by atoms with Crippen LogP contribution in [0.15, 0.2) is 74.1 Å². The lowest BCUT2D eigenvalue weighted by molar-refractivity contribution is 1.24. The summed E-state index contributed by atoms with van der Waals surface area (Å²) in [4.78, 5) is 14.1. The highest BCUT2D eigenvalue weighted by molar-refractivity contribution is 7.23. The molecule has 0 saturated heterocycles. The molecular formula is C21H16N4S. The number of hydrogen-bond acceptors (Lipinski definition) is 4. The highest BCUT2D eigenvalue weighted by atomic mass is 32.1. The Morgan fingerprint density at radius 1 is 0.846 bits per heavy atom. The molecular weight excluding hydrogens is 340 g/mol. The van der Waals surface area contributed by atoms with Gasteiger partial charge in [0.05, 0.1) is 32.6 Å².